The first-order valence-electron chi connectivity index (χ1n) is 8.96. The van der Waals surface area contributed by atoms with Gasteiger partial charge < -0.3 is 10.4 Å². The zero-order valence-corrected chi connectivity index (χ0v) is 15.3. The predicted octanol–water partition coefficient (Wildman–Crippen LogP) is 5.15. The summed E-state index contributed by atoms with van der Waals surface area (Å²) in [4.78, 5) is 9.10. The minimum atomic E-state index is -0.243. The van der Waals surface area contributed by atoms with Gasteiger partial charge >= 0.3 is 0 Å². The molecule has 4 aromatic rings. The molecule has 4 heteroatoms. The number of anilines is 1. The Kier molecular flexibility index (Phi) is 4.47. The molecule has 0 saturated carbocycles. The average Bonchev–Trinajstić information content (AvgIpc) is 2.68. The number of aromatic hydroxyl groups is 1. The number of pyridine rings is 2. The lowest BCUT2D eigenvalue weighted by atomic mass is 9.96. The van der Waals surface area contributed by atoms with E-state index in [1.807, 2.05) is 86.6 Å². The SMILES string of the molecule is Cc1cccc(NC(c2ccccc2)c2ccc3ccc(C)nc3c2O)n1. The molecule has 0 aliphatic rings. The van der Waals surface area contributed by atoms with E-state index >= 15 is 0 Å². The number of hydrogen-bond donors (Lipinski definition) is 2. The van der Waals surface area contributed by atoms with Gasteiger partial charge in [-0.15, -0.1) is 0 Å². The van der Waals surface area contributed by atoms with Crippen LogP contribution in [-0.4, -0.2) is 15.1 Å². The van der Waals surface area contributed by atoms with Gasteiger partial charge in [0.15, 0.2) is 0 Å². The molecule has 0 amide bonds. The van der Waals surface area contributed by atoms with Gasteiger partial charge in [-0.2, -0.15) is 0 Å². The minimum absolute atomic E-state index is 0.199. The zero-order valence-electron chi connectivity index (χ0n) is 15.3. The van der Waals surface area contributed by atoms with Crippen molar-refractivity contribution in [1.29, 1.82) is 0 Å². The van der Waals surface area contributed by atoms with E-state index in [0.29, 0.717) is 5.52 Å². The topological polar surface area (TPSA) is 58.0 Å². The third-order valence-electron chi connectivity index (χ3n) is 4.63. The second-order valence-corrected chi connectivity index (χ2v) is 6.68. The number of aryl methyl sites for hydroxylation is 2. The number of aromatic nitrogens is 2. The van der Waals surface area contributed by atoms with E-state index in [1.165, 1.54) is 0 Å². The van der Waals surface area contributed by atoms with Gasteiger partial charge in [-0.3, -0.25) is 0 Å². The van der Waals surface area contributed by atoms with Crippen molar-refractivity contribution in [2.45, 2.75) is 19.9 Å². The van der Waals surface area contributed by atoms with E-state index < -0.39 is 0 Å². The molecule has 134 valence electrons. The van der Waals surface area contributed by atoms with Crippen LogP contribution in [0.2, 0.25) is 0 Å². The van der Waals surface area contributed by atoms with Crippen molar-refractivity contribution >= 4 is 16.7 Å². The Balaban J connectivity index is 1.86. The third-order valence-corrected chi connectivity index (χ3v) is 4.63. The normalized spacial score (nSPS) is 12.1. The first kappa shape index (κ1) is 17.0. The minimum Gasteiger partial charge on any atom is -0.505 e. The molecule has 27 heavy (non-hydrogen) atoms. The maximum absolute atomic E-state index is 11.0. The molecule has 2 aromatic heterocycles. The number of rotatable bonds is 4. The Bertz CT molecular complexity index is 1090. The lowest BCUT2D eigenvalue weighted by molar-refractivity contribution is 0.471. The van der Waals surface area contributed by atoms with Gasteiger partial charge in [-0.1, -0.05) is 54.6 Å². The summed E-state index contributed by atoms with van der Waals surface area (Å²) in [5, 5.41) is 15.4. The number of benzene rings is 2. The first-order valence-corrected chi connectivity index (χ1v) is 8.96. The second-order valence-electron chi connectivity index (χ2n) is 6.68. The highest BCUT2D eigenvalue weighted by atomic mass is 16.3. The maximum Gasteiger partial charge on any atom is 0.147 e. The van der Waals surface area contributed by atoms with Gasteiger partial charge in [0.1, 0.15) is 17.1 Å². The Morgan fingerprint density at radius 1 is 0.778 bits per heavy atom. The van der Waals surface area contributed by atoms with Crippen molar-refractivity contribution in [2.75, 3.05) is 5.32 Å². The summed E-state index contributed by atoms with van der Waals surface area (Å²) < 4.78 is 0. The molecule has 0 fully saturated rings. The van der Waals surface area contributed by atoms with E-state index in [2.05, 4.69) is 15.3 Å². The number of fused-ring (bicyclic) bond motifs is 1. The van der Waals surface area contributed by atoms with Crippen molar-refractivity contribution in [2.24, 2.45) is 0 Å². The standard InChI is InChI=1S/C23H21N3O/c1-15-7-6-10-20(24-15)26-21(17-8-4-3-5-9-17)19-14-13-18-12-11-16(2)25-22(18)23(19)27/h3-14,21,27H,1-2H3,(H,24,26). The molecular weight excluding hydrogens is 334 g/mol. The van der Waals surface area contributed by atoms with Crippen molar-refractivity contribution < 1.29 is 5.11 Å². The molecule has 1 atom stereocenters. The second kappa shape index (κ2) is 7.08. The quantitative estimate of drug-likeness (QED) is 0.531. The van der Waals surface area contributed by atoms with Crippen LogP contribution >= 0.6 is 0 Å². The van der Waals surface area contributed by atoms with Crippen LogP contribution in [0.25, 0.3) is 10.9 Å². The van der Waals surface area contributed by atoms with Crippen LogP contribution in [0, 0.1) is 13.8 Å². The number of phenolic OH excluding ortho intramolecular Hbond substituents is 1. The summed E-state index contributed by atoms with van der Waals surface area (Å²) in [6, 6.07) is 23.6. The Morgan fingerprint density at radius 3 is 2.30 bits per heavy atom. The molecule has 1 unspecified atom stereocenters. The fourth-order valence-electron chi connectivity index (χ4n) is 3.28. The van der Waals surface area contributed by atoms with E-state index in [9.17, 15) is 5.11 Å². The average molecular weight is 355 g/mol. The Hall–Kier alpha value is -3.40. The Morgan fingerprint density at radius 2 is 1.52 bits per heavy atom. The predicted molar refractivity (Wildman–Crippen MR) is 109 cm³/mol. The summed E-state index contributed by atoms with van der Waals surface area (Å²) in [6.07, 6.45) is 0. The van der Waals surface area contributed by atoms with E-state index in [4.69, 9.17) is 0 Å². The highest BCUT2D eigenvalue weighted by Crippen LogP contribution is 2.36. The van der Waals surface area contributed by atoms with Crippen molar-refractivity contribution in [3.8, 4) is 5.75 Å². The first-order chi connectivity index (χ1) is 13.1. The van der Waals surface area contributed by atoms with Gasteiger partial charge in [-0.05, 0) is 37.6 Å². The molecule has 0 radical (unpaired) electrons. The summed E-state index contributed by atoms with van der Waals surface area (Å²) in [5.74, 6) is 0.964. The van der Waals surface area contributed by atoms with Gasteiger partial charge in [0, 0.05) is 22.3 Å². The Labute approximate surface area is 158 Å². The van der Waals surface area contributed by atoms with Gasteiger partial charge in [0.25, 0.3) is 0 Å². The molecular formula is C23H21N3O. The van der Waals surface area contributed by atoms with Crippen LogP contribution in [0.4, 0.5) is 5.82 Å². The lowest BCUT2D eigenvalue weighted by Crippen LogP contribution is -2.14. The van der Waals surface area contributed by atoms with Crippen LogP contribution in [0.15, 0.2) is 72.8 Å². The highest BCUT2D eigenvalue weighted by molar-refractivity contribution is 5.86. The molecule has 2 N–H and O–H groups in total. The fourth-order valence-corrected chi connectivity index (χ4v) is 3.28. The third kappa shape index (κ3) is 3.47. The maximum atomic E-state index is 11.0. The van der Waals surface area contributed by atoms with Crippen LogP contribution in [0.5, 0.6) is 5.75 Å². The fraction of sp³-hybridized carbons (Fsp3) is 0.130. The molecule has 2 aromatic carbocycles. The van der Waals surface area contributed by atoms with Crippen molar-refractivity contribution in [3.63, 3.8) is 0 Å². The summed E-state index contributed by atoms with van der Waals surface area (Å²) in [5.41, 5.74) is 4.25. The van der Waals surface area contributed by atoms with E-state index in [0.717, 1.165) is 33.7 Å². The van der Waals surface area contributed by atoms with Crippen LogP contribution < -0.4 is 5.32 Å². The summed E-state index contributed by atoms with van der Waals surface area (Å²) in [6.45, 7) is 3.89. The molecule has 0 aliphatic heterocycles. The van der Waals surface area contributed by atoms with E-state index in [1.54, 1.807) is 0 Å². The highest BCUT2D eigenvalue weighted by Gasteiger charge is 2.20. The molecule has 2 heterocycles. The summed E-state index contributed by atoms with van der Waals surface area (Å²) in [7, 11) is 0. The van der Waals surface area contributed by atoms with Crippen LogP contribution in [-0.2, 0) is 0 Å². The zero-order chi connectivity index (χ0) is 18.8. The van der Waals surface area contributed by atoms with Crippen molar-refractivity contribution in [1.82, 2.24) is 9.97 Å². The number of hydrogen-bond acceptors (Lipinski definition) is 4. The van der Waals surface area contributed by atoms with Gasteiger partial charge in [0.05, 0.1) is 6.04 Å². The molecule has 0 aliphatic carbocycles. The monoisotopic (exact) mass is 355 g/mol. The lowest BCUT2D eigenvalue weighted by Gasteiger charge is -2.22. The number of nitrogens with zero attached hydrogens (tertiary/aromatic N) is 2. The number of phenols is 1. The van der Waals surface area contributed by atoms with Crippen LogP contribution in [0.1, 0.15) is 28.6 Å². The van der Waals surface area contributed by atoms with Crippen LogP contribution in [0.3, 0.4) is 0 Å². The summed E-state index contributed by atoms with van der Waals surface area (Å²) >= 11 is 0. The molecule has 0 spiro atoms. The van der Waals surface area contributed by atoms with Gasteiger partial charge in [0.2, 0.25) is 0 Å². The molecule has 4 nitrogen and oxygen atoms in total. The molecule has 0 saturated heterocycles. The van der Waals surface area contributed by atoms with Gasteiger partial charge in [-0.25, -0.2) is 9.97 Å². The largest absolute Gasteiger partial charge is 0.505 e. The molecule has 0 bridgehead atoms. The molecule has 4 rings (SSSR count). The van der Waals surface area contributed by atoms with E-state index in [-0.39, 0.29) is 11.8 Å². The van der Waals surface area contributed by atoms with Crippen molar-refractivity contribution in [3.05, 3.63) is 95.3 Å². The smallest absolute Gasteiger partial charge is 0.147 e. The number of nitrogens with one attached hydrogen (secondary N) is 1.